The van der Waals surface area contributed by atoms with Crippen LogP contribution < -0.4 is 5.32 Å². The van der Waals surface area contributed by atoms with Crippen LogP contribution in [0.15, 0.2) is 42.9 Å². The monoisotopic (exact) mass is 383 g/mol. The number of rotatable bonds is 3. The van der Waals surface area contributed by atoms with Gasteiger partial charge in [-0.25, -0.2) is 14.8 Å². The number of nitrogens with one attached hydrogen (secondary N) is 1. The lowest BCUT2D eigenvalue weighted by Gasteiger charge is -2.33. The summed E-state index contributed by atoms with van der Waals surface area (Å²) in [5.74, 6) is 0.379. The molecule has 6 nitrogen and oxygen atoms in total. The fraction of sp³-hybridized carbons (Fsp3) is 0.350. The molecule has 1 atom stereocenters. The lowest BCUT2D eigenvalue weighted by molar-refractivity contribution is 0.171. The zero-order valence-corrected chi connectivity index (χ0v) is 16.0. The van der Waals surface area contributed by atoms with Gasteiger partial charge in [-0.2, -0.15) is 0 Å². The fourth-order valence-electron chi connectivity index (χ4n) is 3.63. The largest absolute Gasteiger partial charge is 0.324 e. The third kappa shape index (κ3) is 3.90. The third-order valence-electron chi connectivity index (χ3n) is 5.08. The van der Waals surface area contributed by atoms with Gasteiger partial charge >= 0.3 is 6.03 Å². The van der Waals surface area contributed by atoms with Gasteiger partial charge in [-0.05, 0) is 55.5 Å². The normalized spacial score (nSPS) is 17.3. The minimum Gasteiger partial charge on any atom is -0.324 e. The number of halogens is 1. The van der Waals surface area contributed by atoms with Crippen molar-refractivity contribution in [3.63, 3.8) is 0 Å². The molecule has 1 unspecified atom stereocenters. The highest BCUT2D eigenvalue weighted by atomic mass is 35.5. The van der Waals surface area contributed by atoms with E-state index in [1.807, 2.05) is 42.4 Å². The Kier molecular flexibility index (Phi) is 4.99. The number of likely N-dealkylation sites (tertiary alicyclic amines) is 1. The lowest BCUT2D eigenvalue weighted by atomic mass is 9.98. The summed E-state index contributed by atoms with van der Waals surface area (Å²) in [7, 11) is 0. The van der Waals surface area contributed by atoms with Crippen LogP contribution in [-0.2, 0) is 6.54 Å². The molecule has 0 radical (unpaired) electrons. The number of amides is 2. The molecule has 0 aliphatic carbocycles. The maximum atomic E-state index is 12.7. The molecule has 1 saturated heterocycles. The van der Waals surface area contributed by atoms with Gasteiger partial charge < -0.3 is 14.8 Å². The number of fused-ring (bicyclic) bond motifs is 1. The molecule has 1 fully saturated rings. The minimum atomic E-state index is -0.0707. The van der Waals surface area contributed by atoms with Crippen LogP contribution in [0.3, 0.4) is 0 Å². The van der Waals surface area contributed by atoms with Gasteiger partial charge in [0, 0.05) is 36.5 Å². The van der Waals surface area contributed by atoms with Crippen molar-refractivity contribution in [2.24, 2.45) is 5.92 Å². The van der Waals surface area contributed by atoms with Crippen LogP contribution in [0.2, 0.25) is 5.02 Å². The van der Waals surface area contributed by atoms with E-state index in [0.29, 0.717) is 10.9 Å². The molecule has 2 amide bonds. The number of anilines is 1. The van der Waals surface area contributed by atoms with Crippen molar-refractivity contribution in [2.45, 2.75) is 26.3 Å². The molecule has 0 spiro atoms. The zero-order valence-electron chi connectivity index (χ0n) is 15.2. The van der Waals surface area contributed by atoms with Crippen molar-refractivity contribution in [3.05, 3.63) is 53.4 Å². The van der Waals surface area contributed by atoms with Crippen LogP contribution in [0.1, 0.15) is 18.4 Å². The van der Waals surface area contributed by atoms with Crippen LogP contribution in [0.4, 0.5) is 10.5 Å². The quantitative estimate of drug-likeness (QED) is 0.731. The fourth-order valence-corrected chi connectivity index (χ4v) is 3.80. The smallest absolute Gasteiger partial charge is 0.321 e. The molecule has 3 aromatic rings. The van der Waals surface area contributed by atoms with E-state index in [1.54, 1.807) is 12.3 Å². The summed E-state index contributed by atoms with van der Waals surface area (Å²) in [6.45, 7) is 4.26. The van der Waals surface area contributed by atoms with E-state index in [2.05, 4.69) is 19.9 Å². The Morgan fingerprint density at radius 2 is 2.22 bits per heavy atom. The molecule has 7 heteroatoms. The summed E-state index contributed by atoms with van der Waals surface area (Å²) in [5, 5.41) is 3.62. The standard InChI is InChI=1S/C20H22ClN5O/c1-14-6-7-16(21)10-18(14)24-20(27)25-9-3-4-15(11-25)12-26-13-23-17-5-2-8-22-19(17)26/h2,5-8,10,13,15H,3-4,9,11-12H2,1H3,(H,24,27). The second kappa shape index (κ2) is 7.56. The van der Waals surface area contributed by atoms with E-state index in [-0.39, 0.29) is 6.03 Å². The molecule has 27 heavy (non-hydrogen) atoms. The Morgan fingerprint density at radius 3 is 3.11 bits per heavy atom. The number of pyridine rings is 1. The molecular formula is C20H22ClN5O. The number of urea groups is 1. The molecule has 0 saturated carbocycles. The number of nitrogens with zero attached hydrogens (tertiary/aromatic N) is 4. The van der Waals surface area contributed by atoms with Crippen molar-refractivity contribution < 1.29 is 4.79 Å². The third-order valence-corrected chi connectivity index (χ3v) is 5.31. The Labute approximate surface area is 163 Å². The first-order chi connectivity index (χ1) is 13.1. The zero-order chi connectivity index (χ0) is 18.8. The Morgan fingerprint density at radius 1 is 1.33 bits per heavy atom. The van der Waals surface area contributed by atoms with Crippen LogP contribution >= 0.6 is 11.6 Å². The van der Waals surface area contributed by atoms with Gasteiger partial charge in [-0.3, -0.25) is 0 Å². The summed E-state index contributed by atoms with van der Waals surface area (Å²) in [6.07, 6.45) is 5.71. The van der Waals surface area contributed by atoms with Crippen LogP contribution in [0.25, 0.3) is 11.2 Å². The molecule has 4 rings (SSSR count). The molecular weight excluding hydrogens is 362 g/mol. The van der Waals surface area contributed by atoms with Gasteiger partial charge in [0.2, 0.25) is 0 Å². The van der Waals surface area contributed by atoms with E-state index in [9.17, 15) is 4.79 Å². The van der Waals surface area contributed by atoms with Gasteiger partial charge in [0.15, 0.2) is 5.65 Å². The van der Waals surface area contributed by atoms with Crippen LogP contribution in [-0.4, -0.2) is 38.6 Å². The van der Waals surface area contributed by atoms with Crippen molar-refractivity contribution in [3.8, 4) is 0 Å². The van der Waals surface area contributed by atoms with Crippen LogP contribution in [0.5, 0.6) is 0 Å². The van der Waals surface area contributed by atoms with Gasteiger partial charge in [0.1, 0.15) is 5.52 Å². The number of hydrogen-bond donors (Lipinski definition) is 1. The molecule has 1 aliphatic heterocycles. The van der Waals surface area contributed by atoms with E-state index < -0.39 is 0 Å². The van der Waals surface area contributed by atoms with E-state index in [0.717, 1.165) is 54.9 Å². The highest BCUT2D eigenvalue weighted by Crippen LogP contribution is 2.23. The molecule has 0 bridgehead atoms. The Bertz CT molecular complexity index is 970. The van der Waals surface area contributed by atoms with E-state index >= 15 is 0 Å². The second-order valence-corrected chi connectivity index (χ2v) is 7.52. The molecule has 2 aromatic heterocycles. The molecule has 1 N–H and O–H groups in total. The van der Waals surface area contributed by atoms with Crippen LogP contribution in [0, 0.1) is 12.8 Å². The van der Waals surface area contributed by atoms with Gasteiger partial charge in [-0.15, -0.1) is 0 Å². The van der Waals surface area contributed by atoms with Gasteiger partial charge in [0.25, 0.3) is 0 Å². The number of aryl methyl sites for hydroxylation is 1. The predicted molar refractivity (Wildman–Crippen MR) is 107 cm³/mol. The van der Waals surface area contributed by atoms with Crippen molar-refractivity contribution in [1.82, 2.24) is 19.4 Å². The van der Waals surface area contributed by atoms with Gasteiger partial charge in [-0.1, -0.05) is 17.7 Å². The number of carbonyl (C=O) groups excluding carboxylic acids is 1. The average molecular weight is 384 g/mol. The average Bonchev–Trinajstić information content (AvgIpc) is 3.08. The highest BCUT2D eigenvalue weighted by molar-refractivity contribution is 6.31. The predicted octanol–water partition coefficient (Wildman–Crippen LogP) is 4.34. The minimum absolute atomic E-state index is 0.0707. The Hall–Kier alpha value is -2.60. The number of piperidine rings is 1. The first-order valence-corrected chi connectivity index (χ1v) is 9.56. The number of aromatic nitrogens is 3. The van der Waals surface area contributed by atoms with Gasteiger partial charge in [0.05, 0.1) is 6.33 Å². The summed E-state index contributed by atoms with van der Waals surface area (Å²) >= 11 is 6.06. The summed E-state index contributed by atoms with van der Waals surface area (Å²) < 4.78 is 2.09. The van der Waals surface area contributed by atoms with E-state index in [4.69, 9.17) is 11.6 Å². The van der Waals surface area contributed by atoms with Crippen molar-refractivity contribution >= 4 is 34.5 Å². The maximum Gasteiger partial charge on any atom is 0.321 e. The number of carbonyl (C=O) groups is 1. The molecule has 1 aliphatic rings. The Balaban J connectivity index is 1.43. The molecule has 3 heterocycles. The molecule has 1 aromatic carbocycles. The van der Waals surface area contributed by atoms with E-state index in [1.165, 1.54) is 0 Å². The number of hydrogen-bond acceptors (Lipinski definition) is 3. The van der Waals surface area contributed by atoms with Crippen molar-refractivity contribution in [2.75, 3.05) is 18.4 Å². The number of benzene rings is 1. The summed E-state index contributed by atoms with van der Waals surface area (Å²) in [4.78, 5) is 23.5. The maximum absolute atomic E-state index is 12.7. The second-order valence-electron chi connectivity index (χ2n) is 7.09. The first kappa shape index (κ1) is 17.8. The van der Waals surface area contributed by atoms with Crippen molar-refractivity contribution in [1.29, 1.82) is 0 Å². The highest BCUT2D eigenvalue weighted by Gasteiger charge is 2.25. The lowest BCUT2D eigenvalue weighted by Crippen LogP contribution is -2.43. The first-order valence-electron chi connectivity index (χ1n) is 9.18. The summed E-state index contributed by atoms with van der Waals surface area (Å²) in [5.41, 5.74) is 3.56. The SMILES string of the molecule is Cc1ccc(Cl)cc1NC(=O)N1CCCC(Cn2cnc3cccnc32)C1. The number of imidazole rings is 1. The summed E-state index contributed by atoms with van der Waals surface area (Å²) in [6, 6.07) is 9.32. The molecule has 140 valence electrons. The topological polar surface area (TPSA) is 63.1 Å².